The highest BCUT2D eigenvalue weighted by Gasteiger charge is 2.08. The SMILES string of the molecule is COc1ccc(CN(C)Cc2ccc(C)o2)cc1C#N. The third-order valence-corrected chi connectivity index (χ3v) is 3.06. The van der Waals surface area contributed by atoms with Crippen LogP contribution < -0.4 is 4.74 Å². The molecule has 0 aliphatic carbocycles. The van der Waals surface area contributed by atoms with E-state index in [1.54, 1.807) is 7.11 Å². The molecule has 4 nitrogen and oxygen atoms in total. The number of aryl methyl sites for hydroxylation is 1. The van der Waals surface area contributed by atoms with Gasteiger partial charge >= 0.3 is 0 Å². The van der Waals surface area contributed by atoms with Gasteiger partial charge in [0, 0.05) is 6.54 Å². The molecule has 0 fully saturated rings. The van der Waals surface area contributed by atoms with E-state index in [0.717, 1.165) is 30.2 Å². The van der Waals surface area contributed by atoms with Gasteiger partial charge < -0.3 is 9.15 Å². The van der Waals surface area contributed by atoms with Gasteiger partial charge in [-0.2, -0.15) is 5.26 Å². The summed E-state index contributed by atoms with van der Waals surface area (Å²) in [4.78, 5) is 2.14. The Bertz CT molecular complexity index is 626. The van der Waals surface area contributed by atoms with E-state index in [9.17, 15) is 0 Å². The molecule has 0 atom stereocenters. The Morgan fingerprint density at radius 3 is 2.65 bits per heavy atom. The van der Waals surface area contributed by atoms with Crippen LogP contribution in [0.1, 0.15) is 22.6 Å². The normalized spacial score (nSPS) is 10.6. The predicted molar refractivity (Wildman–Crippen MR) is 76.3 cm³/mol. The first kappa shape index (κ1) is 14.2. The number of furan rings is 1. The van der Waals surface area contributed by atoms with Crippen LogP contribution in [0.15, 0.2) is 34.7 Å². The van der Waals surface area contributed by atoms with Crippen LogP contribution >= 0.6 is 0 Å². The summed E-state index contributed by atoms with van der Waals surface area (Å²) in [6, 6.07) is 11.8. The predicted octanol–water partition coefficient (Wildman–Crippen LogP) is 3.10. The first-order valence-corrected chi connectivity index (χ1v) is 6.43. The van der Waals surface area contributed by atoms with Crippen molar-refractivity contribution in [1.82, 2.24) is 4.90 Å². The maximum atomic E-state index is 9.09. The van der Waals surface area contributed by atoms with Crippen LogP contribution in [0, 0.1) is 18.3 Å². The monoisotopic (exact) mass is 270 g/mol. The van der Waals surface area contributed by atoms with Crippen LogP contribution in [0.25, 0.3) is 0 Å². The molecule has 0 spiro atoms. The van der Waals surface area contributed by atoms with Gasteiger partial charge in [0.05, 0.1) is 19.2 Å². The van der Waals surface area contributed by atoms with Crippen molar-refractivity contribution >= 4 is 0 Å². The molecule has 0 bridgehead atoms. The van der Waals surface area contributed by atoms with E-state index in [1.807, 2.05) is 44.3 Å². The van der Waals surface area contributed by atoms with E-state index in [-0.39, 0.29) is 0 Å². The topological polar surface area (TPSA) is 49.4 Å². The van der Waals surface area contributed by atoms with Crippen molar-refractivity contribution in [3.8, 4) is 11.8 Å². The molecule has 0 aliphatic rings. The summed E-state index contributed by atoms with van der Waals surface area (Å²) in [5.41, 5.74) is 1.64. The quantitative estimate of drug-likeness (QED) is 0.837. The molecule has 0 amide bonds. The Morgan fingerprint density at radius 2 is 2.05 bits per heavy atom. The van der Waals surface area contributed by atoms with E-state index in [1.165, 1.54) is 0 Å². The fraction of sp³-hybridized carbons (Fsp3) is 0.312. The summed E-state index contributed by atoms with van der Waals surface area (Å²) in [5.74, 6) is 2.48. The van der Waals surface area contributed by atoms with E-state index in [4.69, 9.17) is 14.4 Å². The van der Waals surface area contributed by atoms with Crippen molar-refractivity contribution in [3.63, 3.8) is 0 Å². The Morgan fingerprint density at radius 1 is 1.25 bits per heavy atom. The number of methoxy groups -OCH3 is 1. The number of hydrogen-bond donors (Lipinski definition) is 0. The van der Waals surface area contributed by atoms with Crippen LogP contribution in [0.3, 0.4) is 0 Å². The molecule has 0 saturated carbocycles. The first-order valence-electron chi connectivity index (χ1n) is 6.43. The average Bonchev–Trinajstić information content (AvgIpc) is 2.83. The van der Waals surface area contributed by atoms with E-state index < -0.39 is 0 Å². The number of rotatable bonds is 5. The molecule has 0 unspecified atom stereocenters. The number of benzene rings is 1. The minimum atomic E-state index is 0.562. The van der Waals surface area contributed by atoms with Crippen molar-refractivity contribution in [2.75, 3.05) is 14.2 Å². The van der Waals surface area contributed by atoms with Gasteiger partial charge in [-0.15, -0.1) is 0 Å². The maximum absolute atomic E-state index is 9.09. The fourth-order valence-corrected chi connectivity index (χ4v) is 2.14. The Hall–Kier alpha value is -2.25. The van der Waals surface area contributed by atoms with Crippen molar-refractivity contribution in [1.29, 1.82) is 5.26 Å². The highest BCUT2D eigenvalue weighted by molar-refractivity contribution is 5.45. The zero-order chi connectivity index (χ0) is 14.5. The fourth-order valence-electron chi connectivity index (χ4n) is 2.14. The van der Waals surface area contributed by atoms with Gasteiger partial charge in [-0.3, -0.25) is 4.90 Å². The van der Waals surface area contributed by atoms with Gasteiger partial charge in [0.25, 0.3) is 0 Å². The molecule has 2 aromatic rings. The Labute approximate surface area is 119 Å². The summed E-state index contributed by atoms with van der Waals surface area (Å²) in [6.07, 6.45) is 0. The summed E-state index contributed by atoms with van der Waals surface area (Å²) in [7, 11) is 3.59. The smallest absolute Gasteiger partial charge is 0.136 e. The maximum Gasteiger partial charge on any atom is 0.136 e. The second-order valence-corrected chi connectivity index (χ2v) is 4.83. The van der Waals surface area contributed by atoms with Crippen LogP contribution in [0.4, 0.5) is 0 Å². The minimum Gasteiger partial charge on any atom is -0.495 e. The molecule has 0 N–H and O–H groups in total. The number of ether oxygens (including phenoxy) is 1. The van der Waals surface area contributed by atoms with Crippen LogP contribution in [-0.4, -0.2) is 19.1 Å². The van der Waals surface area contributed by atoms with Gasteiger partial charge in [0.15, 0.2) is 0 Å². The second-order valence-electron chi connectivity index (χ2n) is 4.83. The minimum absolute atomic E-state index is 0.562. The third-order valence-electron chi connectivity index (χ3n) is 3.06. The molecule has 0 saturated heterocycles. The zero-order valence-corrected chi connectivity index (χ0v) is 12.0. The molecule has 1 heterocycles. The molecular formula is C16H18N2O2. The van der Waals surface area contributed by atoms with Gasteiger partial charge in [-0.05, 0) is 43.8 Å². The van der Waals surface area contributed by atoms with Crippen molar-refractivity contribution in [3.05, 3.63) is 53.0 Å². The average molecular weight is 270 g/mol. The highest BCUT2D eigenvalue weighted by atomic mass is 16.5. The van der Waals surface area contributed by atoms with E-state index >= 15 is 0 Å². The molecule has 4 heteroatoms. The summed E-state index contributed by atoms with van der Waals surface area (Å²) in [6.45, 7) is 3.42. The lowest BCUT2D eigenvalue weighted by Crippen LogP contribution is -2.16. The molecule has 0 aliphatic heterocycles. The van der Waals surface area contributed by atoms with Crippen molar-refractivity contribution in [2.45, 2.75) is 20.0 Å². The van der Waals surface area contributed by atoms with E-state index in [0.29, 0.717) is 11.3 Å². The summed E-state index contributed by atoms with van der Waals surface area (Å²) >= 11 is 0. The van der Waals surface area contributed by atoms with Gasteiger partial charge in [-0.25, -0.2) is 0 Å². The standard InChI is InChI=1S/C16H18N2O2/c1-12-4-6-15(20-12)11-18(2)10-13-5-7-16(19-3)14(8-13)9-17/h4-8H,10-11H2,1-3H3. The lowest BCUT2D eigenvalue weighted by atomic mass is 10.1. The molecule has 20 heavy (non-hydrogen) atoms. The molecule has 104 valence electrons. The van der Waals surface area contributed by atoms with E-state index in [2.05, 4.69) is 11.0 Å². The largest absolute Gasteiger partial charge is 0.495 e. The summed E-state index contributed by atoms with van der Waals surface area (Å²) in [5, 5.41) is 9.09. The van der Waals surface area contributed by atoms with Crippen LogP contribution in [-0.2, 0) is 13.1 Å². The molecule has 1 aromatic carbocycles. The lowest BCUT2D eigenvalue weighted by molar-refractivity contribution is 0.285. The Balaban J connectivity index is 2.04. The van der Waals surface area contributed by atoms with Gasteiger partial charge in [0.2, 0.25) is 0 Å². The first-order chi connectivity index (χ1) is 9.62. The molecule has 0 radical (unpaired) electrons. The molecular weight excluding hydrogens is 252 g/mol. The van der Waals surface area contributed by atoms with Gasteiger partial charge in [-0.1, -0.05) is 6.07 Å². The molecule has 1 aromatic heterocycles. The second kappa shape index (κ2) is 6.27. The van der Waals surface area contributed by atoms with Gasteiger partial charge in [0.1, 0.15) is 23.3 Å². The van der Waals surface area contributed by atoms with Crippen LogP contribution in [0.5, 0.6) is 5.75 Å². The molecule has 2 rings (SSSR count). The van der Waals surface area contributed by atoms with Crippen molar-refractivity contribution < 1.29 is 9.15 Å². The third kappa shape index (κ3) is 3.40. The number of nitrogens with zero attached hydrogens (tertiary/aromatic N) is 2. The lowest BCUT2D eigenvalue weighted by Gasteiger charge is -2.15. The van der Waals surface area contributed by atoms with Crippen LogP contribution in [0.2, 0.25) is 0 Å². The Kier molecular flexibility index (Phi) is 4.44. The number of nitriles is 1. The summed E-state index contributed by atoms with van der Waals surface area (Å²) < 4.78 is 10.7. The highest BCUT2D eigenvalue weighted by Crippen LogP contribution is 2.20. The number of hydrogen-bond acceptors (Lipinski definition) is 4. The van der Waals surface area contributed by atoms with Crippen molar-refractivity contribution in [2.24, 2.45) is 0 Å². The zero-order valence-electron chi connectivity index (χ0n) is 12.0.